The third kappa shape index (κ3) is 6.91. The Kier molecular flexibility index (Phi) is 6.62. The van der Waals surface area contributed by atoms with Crippen molar-refractivity contribution < 1.29 is 47.3 Å². The molecule has 116 valence electrons. The van der Waals surface area contributed by atoms with E-state index in [0.29, 0.717) is 0 Å². The summed E-state index contributed by atoms with van der Waals surface area (Å²) in [6, 6.07) is 21.4. The van der Waals surface area contributed by atoms with Crippen LogP contribution in [-0.2, 0) is 10.1 Å². The van der Waals surface area contributed by atoms with Gasteiger partial charge >= 0.3 is 94.5 Å². The van der Waals surface area contributed by atoms with Gasteiger partial charge in [-0.3, -0.25) is 0 Å². The summed E-state index contributed by atoms with van der Waals surface area (Å²) in [5.41, 5.74) is -5.65. The van der Waals surface area contributed by atoms with E-state index in [4.69, 9.17) is 13.0 Å². The minimum atomic E-state index is -6.09. The molecule has 0 aliphatic carbocycles. The molecule has 0 aliphatic rings. The molecule has 0 atom stereocenters. The van der Waals surface area contributed by atoms with Gasteiger partial charge in [0.15, 0.2) is 10.1 Å². The molecule has 0 heterocycles. The second-order valence-corrected chi connectivity index (χ2v) is 7.99. The number of rotatable bonds is 2. The molecular formula is C13H10F3IO3S-2. The van der Waals surface area contributed by atoms with Gasteiger partial charge in [0.1, 0.15) is 0 Å². The average molecular weight is 430 g/mol. The summed E-state index contributed by atoms with van der Waals surface area (Å²) in [4.78, 5) is 0. The molecule has 0 saturated carbocycles. The van der Waals surface area contributed by atoms with Crippen LogP contribution in [0, 0.1) is 7.14 Å². The Balaban J connectivity index is 0.000000240. The summed E-state index contributed by atoms with van der Waals surface area (Å²) in [6.45, 7) is 0. The van der Waals surface area contributed by atoms with Crippen LogP contribution in [0.3, 0.4) is 0 Å². The first-order valence-electron chi connectivity index (χ1n) is 5.47. The predicted octanol–water partition coefficient (Wildman–Crippen LogP) is -0.134. The van der Waals surface area contributed by atoms with Gasteiger partial charge in [-0.25, -0.2) is 8.42 Å². The molecule has 0 N–H and O–H groups in total. The van der Waals surface area contributed by atoms with Gasteiger partial charge in [0.25, 0.3) is 0 Å². The molecule has 2 aromatic carbocycles. The summed E-state index contributed by atoms with van der Waals surface area (Å²) in [5, 5.41) is 0. The third-order valence-corrected chi connectivity index (χ3v) is 5.22. The van der Waals surface area contributed by atoms with Crippen LogP contribution in [0.5, 0.6) is 0 Å². The van der Waals surface area contributed by atoms with Gasteiger partial charge < -0.3 is 4.55 Å². The third-order valence-electron chi connectivity index (χ3n) is 1.97. The van der Waals surface area contributed by atoms with Crippen LogP contribution in [0.1, 0.15) is 0 Å². The van der Waals surface area contributed by atoms with Crippen LogP contribution in [0.2, 0.25) is 0 Å². The quantitative estimate of drug-likeness (QED) is 0.379. The van der Waals surface area contributed by atoms with Crippen molar-refractivity contribution in [3.63, 3.8) is 0 Å². The topological polar surface area (TPSA) is 57.2 Å². The fourth-order valence-corrected chi connectivity index (χ4v) is 3.35. The zero-order chi connectivity index (χ0) is 15.9. The molecule has 0 fully saturated rings. The predicted molar refractivity (Wildman–Crippen MR) is 66.0 cm³/mol. The van der Waals surface area contributed by atoms with Crippen LogP contribution in [-0.4, -0.2) is 18.5 Å². The Hall–Kier alpha value is -1.13. The van der Waals surface area contributed by atoms with Crippen molar-refractivity contribution in [3.8, 4) is 0 Å². The molecule has 0 aliphatic heterocycles. The zero-order valence-electron chi connectivity index (χ0n) is 10.4. The van der Waals surface area contributed by atoms with Crippen molar-refractivity contribution >= 4 is 10.1 Å². The summed E-state index contributed by atoms with van der Waals surface area (Å²) >= 11 is 0.0287. The summed E-state index contributed by atoms with van der Waals surface area (Å²) in [7, 11) is -6.09. The Morgan fingerprint density at radius 1 is 0.810 bits per heavy atom. The molecule has 3 nitrogen and oxygen atoms in total. The first-order valence-corrected chi connectivity index (χ1v) is 9.04. The number of benzene rings is 2. The van der Waals surface area contributed by atoms with Gasteiger partial charge in [0.2, 0.25) is 0 Å². The van der Waals surface area contributed by atoms with Crippen LogP contribution >= 0.6 is 0 Å². The maximum atomic E-state index is 10.7. The number of hydrogen-bond acceptors (Lipinski definition) is 3. The van der Waals surface area contributed by atoms with E-state index < -0.39 is 15.6 Å². The molecule has 0 bridgehead atoms. The van der Waals surface area contributed by atoms with E-state index in [1.807, 2.05) is 0 Å². The Bertz CT molecular complexity index is 606. The van der Waals surface area contributed by atoms with E-state index in [-0.39, 0.29) is 21.2 Å². The van der Waals surface area contributed by atoms with Crippen LogP contribution in [0.25, 0.3) is 0 Å². The first-order chi connectivity index (χ1) is 9.70. The molecule has 0 unspecified atom stereocenters. The van der Waals surface area contributed by atoms with Gasteiger partial charge in [-0.1, -0.05) is 0 Å². The molecule has 2 rings (SSSR count). The van der Waals surface area contributed by atoms with E-state index in [9.17, 15) is 13.2 Å². The molecule has 0 aromatic heterocycles. The molecule has 0 radical (unpaired) electrons. The molecular weight excluding hydrogens is 420 g/mol. The normalized spacial score (nSPS) is 11.6. The summed E-state index contributed by atoms with van der Waals surface area (Å²) in [5.74, 6) is 0. The fourth-order valence-electron chi connectivity index (χ4n) is 1.08. The van der Waals surface area contributed by atoms with Gasteiger partial charge in [-0.2, -0.15) is 13.2 Å². The Morgan fingerprint density at radius 3 is 1.33 bits per heavy atom. The molecule has 0 spiro atoms. The number of hydrogen-bond donors (Lipinski definition) is 0. The SMILES string of the molecule is O=S(=O)([O-])C(F)(F)F.c1ccc([I-]c2ccccc2)cc1. The van der Waals surface area contributed by atoms with Gasteiger partial charge in [-0.15, -0.1) is 0 Å². The zero-order valence-corrected chi connectivity index (χ0v) is 13.4. The van der Waals surface area contributed by atoms with E-state index in [2.05, 4.69) is 60.7 Å². The van der Waals surface area contributed by atoms with Gasteiger partial charge in [0.05, 0.1) is 0 Å². The standard InChI is InChI=1S/C12H10I.CHF3O3S/c1-3-7-11(8-4-1)13-12-9-5-2-6-10-12;2-1(3,4)8(5,6)7/h1-10H;(H,5,6,7)/q-1;/p-1. The van der Waals surface area contributed by atoms with E-state index >= 15 is 0 Å². The van der Waals surface area contributed by atoms with Crippen molar-refractivity contribution in [2.45, 2.75) is 5.51 Å². The van der Waals surface area contributed by atoms with Crippen molar-refractivity contribution in [1.82, 2.24) is 0 Å². The maximum absolute atomic E-state index is 10.7. The summed E-state index contributed by atoms with van der Waals surface area (Å²) < 4.78 is 61.9. The summed E-state index contributed by atoms with van der Waals surface area (Å²) in [6.07, 6.45) is 0. The second-order valence-electron chi connectivity index (χ2n) is 3.59. The Morgan fingerprint density at radius 2 is 1.10 bits per heavy atom. The molecule has 21 heavy (non-hydrogen) atoms. The molecule has 2 aromatic rings. The van der Waals surface area contributed by atoms with Crippen LogP contribution in [0.15, 0.2) is 60.7 Å². The Labute approximate surface area is 130 Å². The molecule has 0 saturated heterocycles. The van der Waals surface area contributed by atoms with Crippen molar-refractivity contribution in [3.05, 3.63) is 67.8 Å². The number of halogens is 4. The van der Waals surface area contributed by atoms with E-state index in [0.717, 1.165) is 0 Å². The van der Waals surface area contributed by atoms with Crippen molar-refractivity contribution in [2.24, 2.45) is 0 Å². The average Bonchev–Trinajstić information content (AvgIpc) is 2.39. The van der Waals surface area contributed by atoms with Crippen LogP contribution < -0.4 is 21.2 Å². The van der Waals surface area contributed by atoms with Crippen molar-refractivity contribution in [1.29, 1.82) is 0 Å². The molecule has 8 heteroatoms. The van der Waals surface area contributed by atoms with E-state index in [1.165, 1.54) is 7.14 Å². The molecule has 0 amide bonds. The van der Waals surface area contributed by atoms with Crippen LogP contribution in [0.4, 0.5) is 13.2 Å². The van der Waals surface area contributed by atoms with Gasteiger partial charge in [-0.05, 0) is 0 Å². The minimum absolute atomic E-state index is 0.0287. The van der Waals surface area contributed by atoms with E-state index in [1.54, 1.807) is 0 Å². The monoisotopic (exact) mass is 430 g/mol. The second kappa shape index (κ2) is 7.76. The number of alkyl halides is 3. The fraction of sp³-hybridized carbons (Fsp3) is 0.0769. The first kappa shape index (κ1) is 17.9. The van der Waals surface area contributed by atoms with Crippen molar-refractivity contribution in [2.75, 3.05) is 0 Å². The van der Waals surface area contributed by atoms with Gasteiger partial charge in [0, 0.05) is 0 Å².